The van der Waals surface area contributed by atoms with Gasteiger partial charge < -0.3 is 5.32 Å². The van der Waals surface area contributed by atoms with Gasteiger partial charge in [-0.15, -0.1) is 0 Å². The first-order valence-corrected chi connectivity index (χ1v) is 6.06. The smallest absolute Gasteiger partial charge is 0.184 e. The lowest BCUT2D eigenvalue weighted by molar-refractivity contribution is 0.223. The Labute approximate surface area is 81.4 Å². The number of allylic oxidation sites excluding steroid dienone is 2. The van der Waals surface area contributed by atoms with E-state index in [2.05, 4.69) is 5.32 Å². The van der Waals surface area contributed by atoms with Gasteiger partial charge in [0.25, 0.3) is 0 Å². The van der Waals surface area contributed by atoms with E-state index in [-0.39, 0.29) is 5.75 Å². The van der Waals surface area contributed by atoms with Crippen molar-refractivity contribution in [3.63, 3.8) is 0 Å². The van der Waals surface area contributed by atoms with E-state index in [9.17, 15) is 17.2 Å². The van der Waals surface area contributed by atoms with Crippen LogP contribution in [0.5, 0.6) is 0 Å². The minimum Gasteiger partial charge on any atom is -0.366 e. The van der Waals surface area contributed by atoms with Crippen molar-refractivity contribution in [2.24, 2.45) is 0 Å². The summed E-state index contributed by atoms with van der Waals surface area (Å²) >= 11 is 0. The molecule has 0 aliphatic carbocycles. The summed E-state index contributed by atoms with van der Waals surface area (Å²) in [6.07, 6.45) is 3.69. The van der Waals surface area contributed by atoms with Crippen molar-refractivity contribution in [1.29, 1.82) is 0 Å². The lowest BCUT2D eigenvalue weighted by Crippen LogP contribution is -2.28. The highest BCUT2D eigenvalue weighted by Crippen LogP contribution is 2.30. The summed E-state index contributed by atoms with van der Waals surface area (Å²) in [6, 6.07) is 0. The highest BCUT2D eigenvalue weighted by molar-refractivity contribution is 7.90. The van der Waals surface area contributed by atoms with Crippen LogP contribution in [0.2, 0.25) is 0 Å². The molecule has 0 saturated carbocycles. The van der Waals surface area contributed by atoms with Gasteiger partial charge >= 0.3 is 0 Å². The van der Waals surface area contributed by atoms with Crippen molar-refractivity contribution in [3.05, 3.63) is 24.3 Å². The Kier molecular flexibility index (Phi) is 2.94. The molecular weight excluding hydrogens is 212 g/mol. The predicted octanol–water partition coefficient (Wildman–Crippen LogP) is 1.06. The molecule has 1 atom stereocenters. The van der Waals surface area contributed by atoms with E-state index >= 15 is 0 Å². The van der Waals surface area contributed by atoms with Crippen LogP contribution < -0.4 is 5.32 Å². The first kappa shape index (κ1) is 11.2. The average Bonchev–Trinajstić information content (AvgIpc) is 2.06. The van der Waals surface area contributed by atoms with Crippen LogP contribution in [0.25, 0.3) is 0 Å². The number of dihydropyridines is 1. The second-order valence-corrected chi connectivity index (χ2v) is 5.49. The molecule has 1 aliphatic heterocycles. The zero-order valence-electron chi connectivity index (χ0n) is 7.63. The molecule has 0 aromatic carbocycles. The number of halogens is 2. The molecule has 1 rings (SSSR count). The van der Waals surface area contributed by atoms with E-state index in [0.29, 0.717) is 0 Å². The maximum atomic E-state index is 13.7. The first-order chi connectivity index (χ1) is 6.33. The van der Waals surface area contributed by atoms with Crippen LogP contribution in [-0.4, -0.2) is 26.1 Å². The quantitative estimate of drug-likeness (QED) is 0.778. The molecule has 0 aromatic heterocycles. The molecule has 1 unspecified atom stereocenters. The number of rotatable bonds is 3. The molecule has 0 bridgehead atoms. The zero-order chi connectivity index (χ0) is 10.8. The van der Waals surface area contributed by atoms with Gasteiger partial charge in [-0.3, -0.25) is 0 Å². The van der Waals surface area contributed by atoms with Crippen molar-refractivity contribution in [2.45, 2.75) is 12.1 Å². The molecule has 3 nitrogen and oxygen atoms in total. The van der Waals surface area contributed by atoms with Crippen LogP contribution in [0.4, 0.5) is 8.78 Å². The summed E-state index contributed by atoms with van der Waals surface area (Å²) in [4.78, 5) is 0. The summed E-state index contributed by atoms with van der Waals surface area (Å²) in [5.41, 5.74) is -2.28. The summed E-state index contributed by atoms with van der Waals surface area (Å²) < 4.78 is 48.2. The van der Waals surface area contributed by atoms with E-state index in [0.717, 1.165) is 18.5 Å². The first-order valence-electron chi connectivity index (χ1n) is 4.00. The molecule has 1 heterocycles. The van der Waals surface area contributed by atoms with Crippen molar-refractivity contribution < 1.29 is 17.2 Å². The number of sulfone groups is 1. The number of nitrogens with one attached hydrogen (secondary N) is 1. The van der Waals surface area contributed by atoms with E-state index in [1.54, 1.807) is 0 Å². The minimum atomic E-state index is -3.27. The monoisotopic (exact) mass is 223 g/mol. The fourth-order valence-electron chi connectivity index (χ4n) is 1.04. The fourth-order valence-corrected chi connectivity index (χ4v) is 1.71. The highest BCUT2D eigenvalue weighted by atomic mass is 32.2. The maximum absolute atomic E-state index is 13.7. The van der Waals surface area contributed by atoms with Gasteiger partial charge in [-0.2, -0.15) is 0 Å². The Balaban J connectivity index is 2.71. The normalized spacial score (nSPS) is 26.9. The summed E-state index contributed by atoms with van der Waals surface area (Å²) in [6.45, 7) is 0. The maximum Gasteiger partial charge on any atom is 0.184 e. The van der Waals surface area contributed by atoms with Crippen molar-refractivity contribution in [1.82, 2.24) is 5.32 Å². The number of alkyl halides is 1. The third kappa shape index (κ3) is 2.80. The Bertz CT molecular complexity index is 375. The lowest BCUT2D eigenvalue weighted by atomic mass is 10.0. The number of hydrogen-bond acceptors (Lipinski definition) is 3. The van der Waals surface area contributed by atoms with Gasteiger partial charge in [0.15, 0.2) is 11.5 Å². The van der Waals surface area contributed by atoms with E-state index in [4.69, 9.17) is 0 Å². The second-order valence-electron chi connectivity index (χ2n) is 3.23. The third-order valence-corrected chi connectivity index (χ3v) is 2.83. The van der Waals surface area contributed by atoms with Gasteiger partial charge in [0.1, 0.15) is 9.84 Å². The molecule has 80 valence electrons. The Morgan fingerprint density at radius 2 is 2.21 bits per heavy atom. The van der Waals surface area contributed by atoms with E-state index < -0.39 is 27.8 Å². The van der Waals surface area contributed by atoms with Crippen LogP contribution in [0.15, 0.2) is 24.3 Å². The molecule has 0 aromatic rings. The largest absolute Gasteiger partial charge is 0.366 e. The molecule has 1 N–H and O–H groups in total. The van der Waals surface area contributed by atoms with Crippen LogP contribution in [-0.2, 0) is 9.84 Å². The Morgan fingerprint density at radius 3 is 2.71 bits per heavy atom. The van der Waals surface area contributed by atoms with Crippen LogP contribution in [0, 0.1) is 0 Å². The molecule has 0 radical (unpaired) electrons. The molecule has 6 heteroatoms. The average molecular weight is 223 g/mol. The van der Waals surface area contributed by atoms with Gasteiger partial charge in [0, 0.05) is 25.1 Å². The van der Waals surface area contributed by atoms with E-state index in [1.807, 2.05) is 0 Å². The third-order valence-electron chi connectivity index (χ3n) is 1.89. The standard InChI is InChI=1S/C8H11F2NO2S/c1-14(12,13)5-3-8(10)2-4-11-6-7(8)9/h2,4,6,11H,3,5H2,1H3. The molecule has 14 heavy (non-hydrogen) atoms. The molecule has 0 fully saturated rings. The summed E-state index contributed by atoms with van der Waals surface area (Å²) in [5, 5.41) is 2.38. The van der Waals surface area contributed by atoms with Crippen LogP contribution >= 0.6 is 0 Å². The Hall–Kier alpha value is -0.910. The summed E-state index contributed by atoms with van der Waals surface area (Å²) in [7, 11) is -3.27. The zero-order valence-corrected chi connectivity index (χ0v) is 8.44. The molecule has 0 amide bonds. The fraction of sp³-hybridized carbons (Fsp3) is 0.500. The molecule has 1 aliphatic rings. The van der Waals surface area contributed by atoms with Crippen molar-refractivity contribution >= 4 is 9.84 Å². The second kappa shape index (κ2) is 3.68. The molecular formula is C8H11F2NO2S. The lowest BCUT2D eigenvalue weighted by Gasteiger charge is -2.21. The van der Waals surface area contributed by atoms with Crippen LogP contribution in [0.1, 0.15) is 6.42 Å². The molecule has 0 saturated heterocycles. The highest BCUT2D eigenvalue weighted by Gasteiger charge is 2.34. The van der Waals surface area contributed by atoms with Crippen LogP contribution in [0.3, 0.4) is 0 Å². The SMILES string of the molecule is CS(=O)(=O)CCC1(F)C=CNC=C1F. The minimum absolute atomic E-state index is 0.380. The number of hydrogen-bond donors (Lipinski definition) is 1. The summed E-state index contributed by atoms with van der Waals surface area (Å²) in [5.74, 6) is -1.38. The van der Waals surface area contributed by atoms with Gasteiger partial charge in [-0.1, -0.05) is 0 Å². The van der Waals surface area contributed by atoms with Gasteiger partial charge in [0.2, 0.25) is 0 Å². The van der Waals surface area contributed by atoms with Crippen molar-refractivity contribution in [3.8, 4) is 0 Å². The topological polar surface area (TPSA) is 46.2 Å². The van der Waals surface area contributed by atoms with Gasteiger partial charge in [-0.05, 0) is 6.08 Å². The van der Waals surface area contributed by atoms with E-state index in [1.165, 1.54) is 6.20 Å². The predicted molar refractivity (Wildman–Crippen MR) is 49.6 cm³/mol. The Morgan fingerprint density at radius 1 is 1.57 bits per heavy atom. The molecule has 0 spiro atoms. The van der Waals surface area contributed by atoms with Gasteiger partial charge in [0.05, 0.1) is 5.75 Å². The van der Waals surface area contributed by atoms with Crippen molar-refractivity contribution in [2.75, 3.05) is 12.0 Å². The van der Waals surface area contributed by atoms with Gasteiger partial charge in [-0.25, -0.2) is 17.2 Å².